The van der Waals surface area contributed by atoms with Crippen molar-refractivity contribution in [3.8, 4) is 17.2 Å². The van der Waals surface area contributed by atoms with Crippen molar-refractivity contribution in [2.75, 3.05) is 27.9 Å². The average molecular weight is 269 g/mol. The monoisotopic (exact) mass is 269 g/mol. The number of benzene rings is 1. The molecule has 1 rings (SSSR count). The maximum atomic E-state index is 11.7. The lowest BCUT2D eigenvalue weighted by atomic mass is 10.1. The first-order valence-electron chi connectivity index (χ1n) is 5.81. The van der Waals surface area contributed by atoms with E-state index >= 15 is 0 Å². The van der Waals surface area contributed by atoms with Gasteiger partial charge in [-0.3, -0.25) is 0 Å². The van der Waals surface area contributed by atoms with Gasteiger partial charge in [-0.05, 0) is 19.1 Å². The first kappa shape index (κ1) is 15.1. The molecular formula is C13H19NO5. The summed E-state index contributed by atoms with van der Waals surface area (Å²) in [6.07, 6.45) is 0. The van der Waals surface area contributed by atoms with Crippen molar-refractivity contribution >= 4 is 5.97 Å². The van der Waals surface area contributed by atoms with Crippen molar-refractivity contribution in [3.63, 3.8) is 0 Å². The summed E-state index contributed by atoms with van der Waals surface area (Å²) < 4.78 is 20.6. The molecule has 0 saturated heterocycles. The van der Waals surface area contributed by atoms with Crippen molar-refractivity contribution in [2.45, 2.75) is 13.0 Å². The number of hydrogen-bond acceptors (Lipinski definition) is 6. The number of esters is 1. The molecule has 0 fully saturated rings. The van der Waals surface area contributed by atoms with Gasteiger partial charge in [0.05, 0.1) is 27.9 Å². The molecule has 0 heterocycles. The second-order valence-corrected chi connectivity index (χ2v) is 3.65. The highest BCUT2D eigenvalue weighted by molar-refractivity contribution is 5.79. The summed E-state index contributed by atoms with van der Waals surface area (Å²) in [7, 11) is 4.47. The molecule has 6 nitrogen and oxygen atoms in total. The van der Waals surface area contributed by atoms with E-state index in [1.54, 1.807) is 19.1 Å². The predicted octanol–water partition coefficient (Wildman–Crippen LogP) is 1.28. The van der Waals surface area contributed by atoms with Crippen LogP contribution in [-0.4, -0.2) is 33.9 Å². The van der Waals surface area contributed by atoms with Crippen molar-refractivity contribution < 1.29 is 23.7 Å². The number of carbonyl (C=O) groups is 1. The van der Waals surface area contributed by atoms with E-state index in [1.165, 1.54) is 21.3 Å². The van der Waals surface area contributed by atoms with Crippen LogP contribution in [-0.2, 0) is 9.53 Å². The Hall–Kier alpha value is -1.95. The van der Waals surface area contributed by atoms with Gasteiger partial charge in [0.1, 0.15) is 6.04 Å². The number of hydrogen-bond donors (Lipinski definition) is 1. The molecule has 0 saturated carbocycles. The third-order valence-corrected chi connectivity index (χ3v) is 2.61. The van der Waals surface area contributed by atoms with Crippen molar-refractivity contribution in [1.82, 2.24) is 0 Å². The highest BCUT2D eigenvalue weighted by Gasteiger charge is 2.25. The van der Waals surface area contributed by atoms with Crippen LogP contribution in [0, 0.1) is 0 Å². The Balaban J connectivity index is 3.24. The highest BCUT2D eigenvalue weighted by atomic mass is 16.5. The van der Waals surface area contributed by atoms with Gasteiger partial charge >= 0.3 is 5.97 Å². The Labute approximate surface area is 112 Å². The summed E-state index contributed by atoms with van der Waals surface area (Å²) in [6, 6.07) is 2.38. The van der Waals surface area contributed by atoms with E-state index in [0.717, 1.165) is 0 Å². The highest BCUT2D eigenvalue weighted by Crippen LogP contribution is 2.41. The molecule has 0 spiro atoms. The Morgan fingerprint density at radius 2 is 1.79 bits per heavy atom. The smallest absolute Gasteiger partial charge is 0.327 e. The fourth-order valence-electron chi connectivity index (χ4n) is 1.73. The largest absolute Gasteiger partial charge is 0.493 e. The van der Waals surface area contributed by atoms with Gasteiger partial charge in [-0.25, -0.2) is 4.79 Å². The van der Waals surface area contributed by atoms with Gasteiger partial charge < -0.3 is 24.7 Å². The summed E-state index contributed by atoms with van der Waals surface area (Å²) in [5, 5.41) is 0. The minimum atomic E-state index is -0.935. The Morgan fingerprint density at radius 1 is 1.16 bits per heavy atom. The van der Waals surface area contributed by atoms with Gasteiger partial charge in [-0.2, -0.15) is 0 Å². The second-order valence-electron chi connectivity index (χ2n) is 3.65. The summed E-state index contributed by atoms with van der Waals surface area (Å²) in [5.74, 6) is 0.733. The molecular weight excluding hydrogens is 250 g/mol. The summed E-state index contributed by atoms with van der Waals surface area (Å²) in [4.78, 5) is 11.7. The third kappa shape index (κ3) is 3.08. The van der Waals surface area contributed by atoms with Crippen LogP contribution in [0.15, 0.2) is 12.1 Å². The lowest BCUT2D eigenvalue weighted by Gasteiger charge is -2.18. The van der Waals surface area contributed by atoms with E-state index < -0.39 is 12.0 Å². The molecule has 0 aliphatic heterocycles. The van der Waals surface area contributed by atoms with E-state index in [-0.39, 0.29) is 6.61 Å². The Kier molecular flexibility index (Phi) is 5.44. The zero-order chi connectivity index (χ0) is 14.4. The van der Waals surface area contributed by atoms with Crippen LogP contribution in [0.25, 0.3) is 0 Å². The maximum absolute atomic E-state index is 11.7. The molecule has 0 aromatic heterocycles. The van der Waals surface area contributed by atoms with Crippen LogP contribution >= 0.6 is 0 Å². The molecule has 6 heteroatoms. The Morgan fingerprint density at radius 3 is 2.26 bits per heavy atom. The molecule has 1 aromatic carbocycles. The number of carbonyl (C=O) groups excluding carboxylic acids is 1. The van der Waals surface area contributed by atoms with Crippen molar-refractivity contribution in [3.05, 3.63) is 17.7 Å². The van der Waals surface area contributed by atoms with Crippen molar-refractivity contribution in [2.24, 2.45) is 5.73 Å². The number of rotatable bonds is 6. The fourth-order valence-corrected chi connectivity index (χ4v) is 1.73. The predicted molar refractivity (Wildman–Crippen MR) is 69.7 cm³/mol. The molecule has 0 aliphatic rings. The Bertz CT molecular complexity index is 447. The molecule has 2 N–H and O–H groups in total. The summed E-state index contributed by atoms with van der Waals surface area (Å²) in [6.45, 7) is 1.98. The average Bonchev–Trinajstić information content (AvgIpc) is 2.44. The molecule has 106 valence electrons. The summed E-state index contributed by atoms with van der Waals surface area (Å²) >= 11 is 0. The first-order chi connectivity index (χ1) is 9.10. The van der Waals surface area contributed by atoms with Crippen LogP contribution in [0.3, 0.4) is 0 Å². The molecule has 1 atom stereocenters. The van der Waals surface area contributed by atoms with Gasteiger partial charge in [0.2, 0.25) is 5.75 Å². The van der Waals surface area contributed by atoms with E-state index in [4.69, 9.17) is 24.7 Å². The van der Waals surface area contributed by atoms with Crippen LogP contribution in [0.2, 0.25) is 0 Å². The molecule has 0 aliphatic carbocycles. The van der Waals surface area contributed by atoms with E-state index in [9.17, 15) is 4.79 Å². The number of methoxy groups -OCH3 is 3. The lowest BCUT2D eigenvalue weighted by molar-refractivity contribution is -0.144. The number of ether oxygens (including phenoxy) is 4. The molecule has 1 unspecified atom stereocenters. The van der Waals surface area contributed by atoms with Gasteiger partial charge in [-0.15, -0.1) is 0 Å². The van der Waals surface area contributed by atoms with Gasteiger partial charge in [0.15, 0.2) is 11.5 Å². The van der Waals surface area contributed by atoms with Crippen LogP contribution in [0.5, 0.6) is 17.2 Å². The normalized spacial score (nSPS) is 11.6. The first-order valence-corrected chi connectivity index (χ1v) is 5.81. The fraction of sp³-hybridized carbons (Fsp3) is 0.462. The van der Waals surface area contributed by atoms with Crippen LogP contribution in [0.1, 0.15) is 18.5 Å². The van der Waals surface area contributed by atoms with Gasteiger partial charge in [-0.1, -0.05) is 0 Å². The second kappa shape index (κ2) is 6.84. The molecule has 0 bridgehead atoms. The zero-order valence-corrected chi connectivity index (χ0v) is 11.6. The molecule has 19 heavy (non-hydrogen) atoms. The van der Waals surface area contributed by atoms with Gasteiger partial charge in [0, 0.05) is 5.56 Å². The molecule has 0 amide bonds. The minimum absolute atomic E-state index is 0.266. The van der Waals surface area contributed by atoms with E-state index in [2.05, 4.69) is 0 Å². The van der Waals surface area contributed by atoms with Crippen LogP contribution in [0.4, 0.5) is 0 Å². The van der Waals surface area contributed by atoms with Crippen molar-refractivity contribution in [1.29, 1.82) is 0 Å². The molecule has 0 radical (unpaired) electrons. The standard InChI is InChI=1S/C13H19NO5/c1-5-19-13(15)10(14)8-6-7-9(16-2)12(18-4)11(8)17-3/h6-7,10H,5,14H2,1-4H3. The van der Waals surface area contributed by atoms with Crippen LogP contribution < -0.4 is 19.9 Å². The number of nitrogens with two attached hydrogens (primary N) is 1. The quantitative estimate of drug-likeness (QED) is 0.783. The topological polar surface area (TPSA) is 80.0 Å². The van der Waals surface area contributed by atoms with Gasteiger partial charge in [0.25, 0.3) is 0 Å². The molecule has 1 aromatic rings. The third-order valence-electron chi connectivity index (χ3n) is 2.61. The van der Waals surface area contributed by atoms with E-state index in [1.807, 2.05) is 0 Å². The zero-order valence-electron chi connectivity index (χ0n) is 11.6. The SMILES string of the molecule is CCOC(=O)C(N)c1ccc(OC)c(OC)c1OC. The maximum Gasteiger partial charge on any atom is 0.327 e. The minimum Gasteiger partial charge on any atom is -0.493 e. The van der Waals surface area contributed by atoms with E-state index in [0.29, 0.717) is 22.8 Å². The lowest BCUT2D eigenvalue weighted by Crippen LogP contribution is -2.24. The summed E-state index contributed by atoms with van der Waals surface area (Å²) in [5.41, 5.74) is 6.35.